The molecule has 5 N–H and O–H groups in total. The molecular weight excluding hydrogens is 158 g/mol. The molecule has 0 radical (unpaired) electrons. The van der Waals surface area contributed by atoms with E-state index in [1.54, 1.807) is 17.9 Å². The van der Waals surface area contributed by atoms with Gasteiger partial charge in [-0.15, -0.1) is 0 Å². The van der Waals surface area contributed by atoms with E-state index < -0.39 is 0 Å². The quantitative estimate of drug-likeness (QED) is 0.380. The minimum atomic E-state index is 0.0620. The number of nitrogens with two attached hydrogens (primary N) is 2. The summed E-state index contributed by atoms with van der Waals surface area (Å²) in [7, 11) is 1.77. The molecule has 6 nitrogen and oxygen atoms in total. The highest BCUT2D eigenvalue weighted by molar-refractivity contribution is 5.42. The summed E-state index contributed by atoms with van der Waals surface area (Å²) in [4.78, 5) is 0. The number of aliphatic hydroxyl groups excluding tert-OH is 1. The molecule has 0 amide bonds. The lowest BCUT2D eigenvalue weighted by atomic mass is 10.2. The van der Waals surface area contributed by atoms with Gasteiger partial charge in [-0.3, -0.25) is 4.68 Å². The molecule has 1 rings (SSSR count). The van der Waals surface area contributed by atoms with E-state index in [9.17, 15) is 0 Å². The van der Waals surface area contributed by atoms with Crippen LogP contribution in [-0.4, -0.2) is 21.5 Å². The van der Waals surface area contributed by atoms with Gasteiger partial charge in [-0.2, -0.15) is 5.10 Å². The molecule has 0 atom stereocenters. The third-order valence-electron chi connectivity index (χ3n) is 1.51. The molecule has 0 aliphatic carbocycles. The maximum Gasteiger partial charge on any atom is 0.183 e. The third-order valence-corrected chi connectivity index (χ3v) is 1.51. The van der Waals surface area contributed by atoms with Crippen molar-refractivity contribution < 1.29 is 5.11 Å². The zero-order valence-corrected chi connectivity index (χ0v) is 6.94. The normalized spacial score (nSPS) is 10.3. The average Bonchev–Trinajstić information content (AvgIpc) is 2.32. The second kappa shape index (κ2) is 3.53. The Morgan fingerprint density at radius 3 is 2.83 bits per heavy atom. The average molecular weight is 171 g/mol. The van der Waals surface area contributed by atoms with Crippen molar-refractivity contribution in [2.24, 2.45) is 18.7 Å². The number of aliphatic hydroxyl groups is 1. The Kier molecular flexibility index (Phi) is 2.64. The molecule has 1 heterocycles. The standard InChI is InChI=1S/C6H13N5O/c1-10-4-5(2-3-12)6(9-10)11(7)8/h4,12H,2-3,7-8H2,1H3. The molecule has 0 unspecified atom stereocenters. The van der Waals surface area contributed by atoms with Crippen LogP contribution in [0.1, 0.15) is 5.56 Å². The summed E-state index contributed by atoms with van der Waals surface area (Å²) in [6, 6.07) is 0. The number of aryl methyl sites for hydroxylation is 1. The van der Waals surface area contributed by atoms with Gasteiger partial charge >= 0.3 is 0 Å². The summed E-state index contributed by atoms with van der Waals surface area (Å²) in [5.41, 5.74) is 0.838. The summed E-state index contributed by atoms with van der Waals surface area (Å²) in [5, 5.41) is 13.7. The smallest absolute Gasteiger partial charge is 0.183 e. The minimum absolute atomic E-state index is 0.0620. The van der Waals surface area contributed by atoms with Gasteiger partial charge in [0.25, 0.3) is 0 Å². The Bertz CT molecular complexity index is 256. The molecular formula is C6H13N5O. The zero-order valence-electron chi connectivity index (χ0n) is 6.94. The monoisotopic (exact) mass is 171 g/mol. The van der Waals surface area contributed by atoms with Crippen molar-refractivity contribution >= 4 is 5.82 Å². The van der Waals surface area contributed by atoms with Gasteiger partial charge in [0.1, 0.15) is 0 Å². The van der Waals surface area contributed by atoms with Crippen molar-refractivity contribution in [3.8, 4) is 0 Å². The van der Waals surface area contributed by atoms with E-state index in [1.165, 1.54) is 0 Å². The molecule has 0 spiro atoms. The Morgan fingerprint density at radius 1 is 1.67 bits per heavy atom. The minimum Gasteiger partial charge on any atom is -0.396 e. The van der Waals surface area contributed by atoms with Gasteiger partial charge in [-0.05, 0) is 0 Å². The molecule has 0 saturated heterocycles. The van der Waals surface area contributed by atoms with Crippen LogP contribution in [0.25, 0.3) is 0 Å². The van der Waals surface area contributed by atoms with E-state index in [0.29, 0.717) is 12.2 Å². The van der Waals surface area contributed by atoms with E-state index in [0.717, 1.165) is 10.7 Å². The van der Waals surface area contributed by atoms with Crippen LogP contribution in [0.15, 0.2) is 6.20 Å². The summed E-state index contributed by atoms with van der Waals surface area (Å²) >= 11 is 0. The van der Waals surface area contributed by atoms with Crippen LogP contribution in [0.3, 0.4) is 0 Å². The molecule has 0 aliphatic heterocycles. The Morgan fingerprint density at radius 2 is 2.33 bits per heavy atom. The SMILES string of the molecule is Cn1cc(CCO)c(N(N)N)n1. The number of aromatic nitrogens is 2. The number of hydrogen-bond acceptors (Lipinski definition) is 5. The molecule has 12 heavy (non-hydrogen) atoms. The van der Waals surface area contributed by atoms with Crippen molar-refractivity contribution in [1.29, 1.82) is 0 Å². The highest BCUT2D eigenvalue weighted by Crippen LogP contribution is 2.13. The molecule has 1 aromatic rings. The molecule has 0 saturated carbocycles. The Balaban J connectivity index is 2.92. The third kappa shape index (κ3) is 1.73. The lowest BCUT2D eigenvalue weighted by Gasteiger charge is -2.08. The first-order valence-electron chi connectivity index (χ1n) is 3.58. The van der Waals surface area contributed by atoms with Gasteiger partial charge in [-0.25, -0.2) is 16.8 Å². The van der Waals surface area contributed by atoms with Crippen molar-refractivity contribution in [3.63, 3.8) is 0 Å². The first-order valence-corrected chi connectivity index (χ1v) is 3.58. The van der Waals surface area contributed by atoms with E-state index in [1.807, 2.05) is 0 Å². The maximum absolute atomic E-state index is 8.70. The number of nitrogens with zero attached hydrogens (tertiary/aromatic N) is 3. The highest BCUT2D eigenvalue weighted by atomic mass is 16.3. The first-order chi connectivity index (χ1) is 5.65. The molecule has 0 bridgehead atoms. The number of hydrogen-bond donors (Lipinski definition) is 3. The Labute approximate surface area is 70.3 Å². The lowest BCUT2D eigenvalue weighted by Crippen LogP contribution is -2.39. The van der Waals surface area contributed by atoms with Gasteiger partial charge in [-0.1, -0.05) is 0 Å². The van der Waals surface area contributed by atoms with Crippen molar-refractivity contribution in [2.45, 2.75) is 6.42 Å². The lowest BCUT2D eigenvalue weighted by molar-refractivity contribution is 0.299. The number of hydrazine groups is 2. The topological polar surface area (TPSA) is 93.3 Å². The molecule has 0 fully saturated rings. The summed E-state index contributed by atoms with van der Waals surface area (Å²) in [6.45, 7) is 0.0620. The van der Waals surface area contributed by atoms with Gasteiger partial charge in [0.2, 0.25) is 0 Å². The largest absolute Gasteiger partial charge is 0.396 e. The number of anilines is 1. The van der Waals surface area contributed by atoms with Gasteiger partial charge in [0.05, 0.1) is 0 Å². The predicted octanol–water partition coefficient (Wildman–Crippen LogP) is -1.49. The van der Waals surface area contributed by atoms with E-state index >= 15 is 0 Å². The second-order valence-corrected chi connectivity index (χ2v) is 2.53. The van der Waals surface area contributed by atoms with Crippen LogP contribution in [0, 0.1) is 0 Å². The maximum atomic E-state index is 8.70. The zero-order chi connectivity index (χ0) is 9.14. The fourth-order valence-electron chi connectivity index (χ4n) is 1.04. The summed E-state index contributed by atoms with van der Waals surface area (Å²) in [6.07, 6.45) is 2.28. The molecule has 1 aromatic heterocycles. The first kappa shape index (κ1) is 8.98. The van der Waals surface area contributed by atoms with E-state index in [-0.39, 0.29) is 6.61 Å². The van der Waals surface area contributed by atoms with E-state index in [4.69, 9.17) is 16.8 Å². The predicted molar refractivity (Wildman–Crippen MR) is 44.9 cm³/mol. The fourth-order valence-corrected chi connectivity index (χ4v) is 1.04. The van der Waals surface area contributed by atoms with Crippen LogP contribution in [0.4, 0.5) is 5.82 Å². The van der Waals surface area contributed by atoms with Crippen LogP contribution < -0.4 is 16.8 Å². The van der Waals surface area contributed by atoms with Crippen LogP contribution in [-0.2, 0) is 13.5 Å². The molecule has 0 aromatic carbocycles. The number of rotatable bonds is 3. The van der Waals surface area contributed by atoms with Gasteiger partial charge in [0, 0.05) is 31.8 Å². The summed E-state index contributed by atoms with van der Waals surface area (Å²) < 4.78 is 1.60. The van der Waals surface area contributed by atoms with Crippen LogP contribution in [0.2, 0.25) is 0 Å². The van der Waals surface area contributed by atoms with Crippen LogP contribution in [0.5, 0.6) is 0 Å². The molecule has 0 aliphatic rings. The molecule has 6 heteroatoms. The van der Waals surface area contributed by atoms with Gasteiger partial charge < -0.3 is 5.11 Å². The van der Waals surface area contributed by atoms with Crippen molar-refractivity contribution in [3.05, 3.63) is 11.8 Å². The highest BCUT2D eigenvalue weighted by Gasteiger charge is 2.08. The van der Waals surface area contributed by atoms with Gasteiger partial charge in [0.15, 0.2) is 5.82 Å². The van der Waals surface area contributed by atoms with Crippen molar-refractivity contribution in [2.75, 3.05) is 11.7 Å². The Hall–Kier alpha value is -1.11. The molecule has 68 valence electrons. The van der Waals surface area contributed by atoms with Crippen molar-refractivity contribution in [1.82, 2.24) is 9.78 Å². The fraction of sp³-hybridized carbons (Fsp3) is 0.500. The summed E-state index contributed by atoms with van der Waals surface area (Å²) in [5.74, 6) is 11.1. The van der Waals surface area contributed by atoms with E-state index in [2.05, 4.69) is 5.10 Å². The second-order valence-electron chi connectivity index (χ2n) is 2.53. The van der Waals surface area contributed by atoms with Crippen LogP contribution >= 0.6 is 0 Å².